The van der Waals surface area contributed by atoms with E-state index in [1.807, 2.05) is 47.4 Å². The number of para-hydroxylation sites is 3. The third-order valence-electron chi connectivity index (χ3n) is 5.95. The molecule has 2 aromatic heterocycles. The van der Waals surface area contributed by atoms with Gasteiger partial charge in [0.1, 0.15) is 5.52 Å². The van der Waals surface area contributed by atoms with Crippen molar-refractivity contribution in [1.29, 1.82) is 0 Å². The van der Waals surface area contributed by atoms with E-state index >= 15 is 0 Å². The zero-order valence-electron chi connectivity index (χ0n) is 16.9. The highest BCUT2D eigenvalue weighted by Crippen LogP contribution is 2.30. The molecule has 0 aliphatic carbocycles. The number of likely N-dealkylation sites (tertiary alicyclic amines) is 1. The van der Waals surface area contributed by atoms with Crippen molar-refractivity contribution >= 4 is 40.1 Å². The molecule has 1 amide bonds. The summed E-state index contributed by atoms with van der Waals surface area (Å²) in [5.41, 5.74) is 2.21. The lowest BCUT2D eigenvalue weighted by Crippen LogP contribution is -2.38. The average Bonchev–Trinajstić information content (AvgIpc) is 3.23. The van der Waals surface area contributed by atoms with Crippen LogP contribution >= 0.6 is 12.2 Å². The molecule has 8 heteroatoms. The van der Waals surface area contributed by atoms with Gasteiger partial charge in [-0.3, -0.25) is 14.2 Å². The summed E-state index contributed by atoms with van der Waals surface area (Å²) >= 11 is 5.34. The van der Waals surface area contributed by atoms with Gasteiger partial charge in [-0.05, 0) is 49.3 Å². The number of hydrogen-bond donors (Lipinski definition) is 1. The number of benzene rings is 2. The van der Waals surface area contributed by atoms with E-state index in [0.717, 1.165) is 29.8 Å². The quantitative estimate of drug-likeness (QED) is 0.491. The van der Waals surface area contributed by atoms with Crippen LogP contribution < -0.4 is 5.56 Å². The number of fused-ring (bicyclic) bond motifs is 2. The molecule has 5 rings (SSSR count). The molecule has 0 bridgehead atoms. The van der Waals surface area contributed by atoms with Crippen molar-refractivity contribution in [2.24, 2.45) is 0 Å². The number of carbonyl (C=O) groups is 1. The summed E-state index contributed by atoms with van der Waals surface area (Å²) in [4.78, 5) is 35.1. The van der Waals surface area contributed by atoms with Crippen LogP contribution in [0.2, 0.25) is 0 Å². The summed E-state index contributed by atoms with van der Waals surface area (Å²) in [6.45, 7) is 1.58. The smallest absolute Gasteiger partial charge is 0.262 e. The number of nitrogens with one attached hydrogen (secondary N) is 1. The van der Waals surface area contributed by atoms with Crippen LogP contribution in [-0.4, -0.2) is 38.4 Å². The van der Waals surface area contributed by atoms with Crippen molar-refractivity contribution < 1.29 is 9.21 Å². The van der Waals surface area contributed by atoms with Crippen molar-refractivity contribution in [3.05, 3.63) is 69.5 Å². The summed E-state index contributed by atoms with van der Waals surface area (Å²) in [6.07, 6.45) is 1.87. The van der Waals surface area contributed by atoms with Crippen LogP contribution in [0.25, 0.3) is 22.0 Å². The highest BCUT2D eigenvalue weighted by molar-refractivity contribution is 7.71. The highest BCUT2D eigenvalue weighted by Gasteiger charge is 2.27. The zero-order chi connectivity index (χ0) is 21.4. The minimum Gasteiger partial charge on any atom is -0.440 e. The molecule has 31 heavy (non-hydrogen) atoms. The fourth-order valence-electron chi connectivity index (χ4n) is 4.21. The molecule has 0 spiro atoms. The van der Waals surface area contributed by atoms with Gasteiger partial charge >= 0.3 is 0 Å². The molecule has 0 saturated carbocycles. The van der Waals surface area contributed by atoms with E-state index in [4.69, 9.17) is 16.6 Å². The predicted octanol–water partition coefficient (Wildman–Crippen LogP) is 4.00. The molecule has 0 atom stereocenters. The largest absolute Gasteiger partial charge is 0.440 e. The SMILES string of the molecule is O=C(CCn1c(=S)[nH]c2ccccc2c1=O)N1CCC(c2nc3ccccc3o2)CC1. The predicted molar refractivity (Wildman–Crippen MR) is 121 cm³/mol. The number of piperidine rings is 1. The maximum absolute atomic E-state index is 12.8. The molecule has 3 heterocycles. The van der Waals surface area contributed by atoms with Gasteiger partial charge in [0.2, 0.25) is 5.91 Å². The topological polar surface area (TPSA) is 84.1 Å². The third kappa shape index (κ3) is 3.79. The molecule has 1 aliphatic heterocycles. The molecule has 1 saturated heterocycles. The molecule has 0 radical (unpaired) electrons. The summed E-state index contributed by atoms with van der Waals surface area (Å²) in [5, 5.41) is 0.572. The Labute approximate surface area is 183 Å². The molecular weight excluding hydrogens is 412 g/mol. The average molecular weight is 435 g/mol. The first-order valence-corrected chi connectivity index (χ1v) is 10.9. The molecule has 158 valence electrons. The Morgan fingerprint density at radius 2 is 1.87 bits per heavy atom. The van der Waals surface area contributed by atoms with Gasteiger partial charge in [0.25, 0.3) is 5.56 Å². The number of oxazole rings is 1. The number of carbonyl (C=O) groups excluding carboxylic acids is 1. The van der Waals surface area contributed by atoms with Crippen LogP contribution in [0.15, 0.2) is 57.7 Å². The van der Waals surface area contributed by atoms with Gasteiger partial charge < -0.3 is 14.3 Å². The lowest BCUT2D eigenvalue weighted by atomic mass is 9.96. The lowest BCUT2D eigenvalue weighted by molar-refractivity contribution is -0.132. The summed E-state index contributed by atoms with van der Waals surface area (Å²) < 4.78 is 7.71. The Kier molecular flexibility index (Phi) is 5.15. The number of aromatic amines is 1. The highest BCUT2D eigenvalue weighted by atomic mass is 32.1. The van der Waals surface area contributed by atoms with Gasteiger partial charge in [0, 0.05) is 32.0 Å². The van der Waals surface area contributed by atoms with Crippen molar-refractivity contribution in [3.63, 3.8) is 0 Å². The van der Waals surface area contributed by atoms with Crippen molar-refractivity contribution in [2.45, 2.75) is 31.7 Å². The Bertz CT molecular complexity index is 1350. The summed E-state index contributed by atoms with van der Waals surface area (Å²) in [6, 6.07) is 15.0. The third-order valence-corrected chi connectivity index (χ3v) is 6.27. The van der Waals surface area contributed by atoms with Crippen LogP contribution in [0.5, 0.6) is 0 Å². The summed E-state index contributed by atoms with van der Waals surface area (Å²) in [5.74, 6) is 1.00. The standard InChI is InChI=1S/C23H22N4O3S/c28-20(11-14-27-22(29)16-5-1-2-6-17(16)25-23(27)31)26-12-9-15(10-13-26)21-24-18-7-3-4-8-19(18)30-21/h1-8,15H,9-14H2,(H,25,31). The van der Waals surface area contributed by atoms with Crippen molar-refractivity contribution in [1.82, 2.24) is 19.4 Å². The molecule has 1 N–H and O–H groups in total. The summed E-state index contributed by atoms with van der Waals surface area (Å²) in [7, 11) is 0. The van der Waals surface area contributed by atoms with Gasteiger partial charge in [-0.1, -0.05) is 24.3 Å². The molecular formula is C23H22N4O3S. The fraction of sp³-hybridized carbons (Fsp3) is 0.304. The number of H-pyrrole nitrogens is 1. The number of hydrogen-bond acceptors (Lipinski definition) is 5. The minimum atomic E-state index is -0.165. The molecule has 7 nitrogen and oxygen atoms in total. The maximum Gasteiger partial charge on any atom is 0.262 e. The van der Waals surface area contributed by atoms with Crippen LogP contribution in [0.3, 0.4) is 0 Å². The number of aromatic nitrogens is 3. The van der Waals surface area contributed by atoms with E-state index in [1.165, 1.54) is 4.57 Å². The van der Waals surface area contributed by atoms with Gasteiger partial charge in [0.15, 0.2) is 16.2 Å². The second kappa shape index (κ2) is 8.11. The molecule has 1 aliphatic rings. The molecule has 4 aromatic rings. The number of rotatable bonds is 4. The van der Waals surface area contributed by atoms with Crippen LogP contribution in [0.4, 0.5) is 0 Å². The van der Waals surface area contributed by atoms with E-state index < -0.39 is 0 Å². The van der Waals surface area contributed by atoms with E-state index in [9.17, 15) is 9.59 Å². The first-order valence-electron chi connectivity index (χ1n) is 10.5. The number of amides is 1. The minimum absolute atomic E-state index is 0.0328. The maximum atomic E-state index is 12.8. The van der Waals surface area contributed by atoms with Crippen molar-refractivity contribution in [3.8, 4) is 0 Å². The monoisotopic (exact) mass is 434 g/mol. The first-order chi connectivity index (χ1) is 15.1. The van der Waals surface area contributed by atoms with Gasteiger partial charge in [-0.15, -0.1) is 0 Å². The van der Waals surface area contributed by atoms with E-state index in [1.54, 1.807) is 6.07 Å². The zero-order valence-corrected chi connectivity index (χ0v) is 17.7. The Morgan fingerprint density at radius 1 is 1.13 bits per heavy atom. The van der Waals surface area contributed by atoms with Crippen LogP contribution in [-0.2, 0) is 11.3 Å². The van der Waals surface area contributed by atoms with E-state index in [2.05, 4.69) is 9.97 Å². The lowest BCUT2D eigenvalue weighted by Gasteiger charge is -2.30. The molecule has 2 aromatic carbocycles. The van der Waals surface area contributed by atoms with Crippen molar-refractivity contribution in [2.75, 3.05) is 13.1 Å². The normalized spacial score (nSPS) is 15.0. The van der Waals surface area contributed by atoms with Crippen LogP contribution in [0.1, 0.15) is 31.1 Å². The molecule has 0 unspecified atom stereocenters. The second-order valence-electron chi connectivity index (χ2n) is 7.86. The molecule has 1 fully saturated rings. The second-order valence-corrected chi connectivity index (χ2v) is 8.24. The number of nitrogens with zero attached hydrogens (tertiary/aromatic N) is 3. The first kappa shape index (κ1) is 19.7. The Balaban J connectivity index is 1.23. The van der Waals surface area contributed by atoms with E-state index in [-0.39, 0.29) is 30.3 Å². The van der Waals surface area contributed by atoms with E-state index in [0.29, 0.717) is 28.8 Å². The fourth-order valence-corrected chi connectivity index (χ4v) is 4.49. The van der Waals surface area contributed by atoms with Gasteiger partial charge in [0.05, 0.1) is 10.9 Å². The Morgan fingerprint density at radius 3 is 2.68 bits per heavy atom. The van der Waals surface area contributed by atoms with Gasteiger partial charge in [-0.25, -0.2) is 4.98 Å². The van der Waals surface area contributed by atoms with Crippen LogP contribution in [0, 0.1) is 4.77 Å². The van der Waals surface area contributed by atoms with Gasteiger partial charge in [-0.2, -0.15) is 0 Å². The Hall–Kier alpha value is -3.26.